The third-order valence-electron chi connectivity index (χ3n) is 5.09. The summed E-state index contributed by atoms with van der Waals surface area (Å²) in [5.41, 5.74) is 2.90. The van der Waals surface area contributed by atoms with E-state index in [2.05, 4.69) is 15.5 Å². The number of benzene rings is 3. The number of aryl methyl sites for hydroxylation is 1. The molecule has 1 aromatic heterocycles. The Labute approximate surface area is 198 Å². The second-order valence-electron chi connectivity index (χ2n) is 7.67. The molecule has 0 aliphatic rings. The lowest BCUT2D eigenvalue weighted by Gasteiger charge is -2.09. The third-order valence-corrected chi connectivity index (χ3v) is 5.09. The smallest absolute Gasteiger partial charge is 0.227 e. The Hall–Kier alpha value is -4.13. The summed E-state index contributed by atoms with van der Waals surface area (Å²) in [5.74, 6) is 2.39. The standard InChI is InChI=1S/C27H27N3O4/c1-2-32-23-13-11-22(12-14-23)27-29-26(34-30-27)16-15-25(31)28-18-21-9-6-10-24(17-21)33-19-20-7-4-3-5-8-20/h3-14,17H,2,15-16,18-19H2,1H3,(H,28,31). The van der Waals surface area contributed by atoms with Crippen molar-refractivity contribution in [3.8, 4) is 22.9 Å². The van der Waals surface area contributed by atoms with Crippen LogP contribution in [0.3, 0.4) is 0 Å². The van der Waals surface area contributed by atoms with E-state index in [1.165, 1.54) is 0 Å². The summed E-state index contributed by atoms with van der Waals surface area (Å²) >= 11 is 0. The van der Waals surface area contributed by atoms with Crippen molar-refractivity contribution in [2.75, 3.05) is 6.61 Å². The van der Waals surface area contributed by atoms with Gasteiger partial charge in [-0.3, -0.25) is 4.79 Å². The van der Waals surface area contributed by atoms with Crippen molar-refractivity contribution < 1.29 is 18.8 Å². The van der Waals surface area contributed by atoms with Crippen LogP contribution in [0.25, 0.3) is 11.4 Å². The normalized spacial score (nSPS) is 10.6. The largest absolute Gasteiger partial charge is 0.494 e. The predicted octanol–water partition coefficient (Wildman–Crippen LogP) is 4.96. The molecular formula is C27H27N3O4. The number of ether oxygens (including phenoxy) is 2. The van der Waals surface area contributed by atoms with E-state index in [9.17, 15) is 4.79 Å². The highest BCUT2D eigenvalue weighted by Gasteiger charge is 2.11. The molecule has 0 atom stereocenters. The zero-order valence-corrected chi connectivity index (χ0v) is 19.1. The Morgan fingerprint density at radius 1 is 0.912 bits per heavy atom. The topological polar surface area (TPSA) is 86.5 Å². The van der Waals surface area contributed by atoms with Crippen LogP contribution >= 0.6 is 0 Å². The van der Waals surface area contributed by atoms with Gasteiger partial charge < -0.3 is 19.3 Å². The minimum atomic E-state index is -0.0866. The highest BCUT2D eigenvalue weighted by molar-refractivity contribution is 5.76. The molecule has 4 rings (SSSR count). The molecule has 0 aliphatic carbocycles. The number of carbonyl (C=O) groups excluding carboxylic acids is 1. The van der Waals surface area contributed by atoms with E-state index >= 15 is 0 Å². The molecule has 4 aromatic rings. The van der Waals surface area contributed by atoms with Crippen LogP contribution in [0.4, 0.5) is 0 Å². The number of nitrogens with zero attached hydrogens (tertiary/aromatic N) is 2. The summed E-state index contributed by atoms with van der Waals surface area (Å²) in [5, 5.41) is 6.94. The van der Waals surface area contributed by atoms with Gasteiger partial charge >= 0.3 is 0 Å². The van der Waals surface area contributed by atoms with Gasteiger partial charge in [-0.25, -0.2) is 0 Å². The summed E-state index contributed by atoms with van der Waals surface area (Å²) in [6.07, 6.45) is 0.630. The van der Waals surface area contributed by atoms with Crippen LogP contribution in [0.5, 0.6) is 11.5 Å². The van der Waals surface area contributed by atoms with Crippen LogP contribution < -0.4 is 14.8 Å². The zero-order valence-electron chi connectivity index (χ0n) is 19.1. The highest BCUT2D eigenvalue weighted by atomic mass is 16.5. The van der Waals surface area contributed by atoms with Crippen LogP contribution in [0.15, 0.2) is 83.4 Å². The van der Waals surface area contributed by atoms with Gasteiger partial charge in [0, 0.05) is 24.9 Å². The molecule has 34 heavy (non-hydrogen) atoms. The molecule has 7 nitrogen and oxygen atoms in total. The van der Waals surface area contributed by atoms with E-state index in [1.54, 1.807) is 0 Å². The molecule has 0 spiro atoms. The maximum atomic E-state index is 12.3. The lowest BCUT2D eigenvalue weighted by molar-refractivity contribution is -0.121. The zero-order chi connectivity index (χ0) is 23.6. The van der Waals surface area contributed by atoms with Crippen LogP contribution in [-0.4, -0.2) is 22.7 Å². The Bertz CT molecular complexity index is 1190. The minimum absolute atomic E-state index is 0.0866. The Balaban J connectivity index is 1.22. The molecule has 0 saturated heterocycles. The Kier molecular flexibility index (Phi) is 7.90. The van der Waals surface area contributed by atoms with Crippen molar-refractivity contribution in [2.24, 2.45) is 0 Å². The first-order valence-electron chi connectivity index (χ1n) is 11.3. The number of nitrogens with one attached hydrogen (secondary N) is 1. The monoisotopic (exact) mass is 457 g/mol. The van der Waals surface area contributed by atoms with Crippen molar-refractivity contribution in [3.05, 3.63) is 95.9 Å². The molecule has 1 amide bonds. The molecule has 0 bridgehead atoms. The fourth-order valence-electron chi connectivity index (χ4n) is 3.34. The van der Waals surface area contributed by atoms with Crippen molar-refractivity contribution >= 4 is 5.91 Å². The van der Waals surface area contributed by atoms with Gasteiger partial charge in [0.15, 0.2) is 0 Å². The van der Waals surface area contributed by atoms with E-state index < -0.39 is 0 Å². The second-order valence-corrected chi connectivity index (χ2v) is 7.67. The second kappa shape index (κ2) is 11.7. The quantitative estimate of drug-likeness (QED) is 0.342. The van der Waals surface area contributed by atoms with Crippen LogP contribution in [0.2, 0.25) is 0 Å². The van der Waals surface area contributed by atoms with Crippen molar-refractivity contribution in [3.63, 3.8) is 0 Å². The van der Waals surface area contributed by atoms with Gasteiger partial charge in [-0.15, -0.1) is 0 Å². The van der Waals surface area contributed by atoms with Gasteiger partial charge in [-0.1, -0.05) is 47.6 Å². The summed E-state index contributed by atoms with van der Waals surface area (Å²) in [6, 6.07) is 25.2. The SMILES string of the molecule is CCOc1ccc(-c2noc(CCC(=O)NCc3cccc(OCc4ccccc4)c3)n2)cc1. The molecule has 174 valence electrons. The predicted molar refractivity (Wildman–Crippen MR) is 128 cm³/mol. The van der Waals surface area contributed by atoms with E-state index in [0.29, 0.717) is 37.9 Å². The Morgan fingerprint density at radius 2 is 1.71 bits per heavy atom. The highest BCUT2D eigenvalue weighted by Crippen LogP contribution is 2.20. The van der Waals surface area contributed by atoms with Gasteiger partial charge in [0.25, 0.3) is 0 Å². The van der Waals surface area contributed by atoms with Gasteiger partial charge in [0.05, 0.1) is 6.61 Å². The lowest BCUT2D eigenvalue weighted by Crippen LogP contribution is -2.23. The van der Waals surface area contributed by atoms with Crippen LogP contribution in [0, 0.1) is 0 Å². The first-order chi connectivity index (χ1) is 16.7. The molecule has 0 fully saturated rings. The first kappa shape index (κ1) is 23.0. The summed E-state index contributed by atoms with van der Waals surface area (Å²) < 4.78 is 16.6. The van der Waals surface area contributed by atoms with Gasteiger partial charge in [-0.2, -0.15) is 4.98 Å². The van der Waals surface area contributed by atoms with E-state index in [-0.39, 0.29) is 12.3 Å². The summed E-state index contributed by atoms with van der Waals surface area (Å²) in [6.45, 7) is 3.47. The van der Waals surface area contributed by atoms with Crippen molar-refractivity contribution in [2.45, 2.75) is 32.9 Å². The summed E-state index contributed by atoms with van der Waals surface area (Å²) in [7, 11) is 0. The Morgan fingerprint density at radius 3 is 2.50 bits per heavy atom. The number of rotatable bonds is 11. The molecular weight excluding hydrogens is 430 g/mol. The average Bonchev–Trinajstić information content (AvgIpc) is 3.36. The fourth-order valence-corrected chi connectivity index (χ4v) is 3.34. The molecule has 0 radical (unpaired) electrons. The number of aromatic nitrogens is 2. The van der Waals surface area contributed by atoms with Crippen molar-refractivity contribution in [1.82, 2.24) is 15.5 Å². The van der Waals surface area contributed by atoms with E-state index in [4.69, 9.17) is 14.0 Å². The first-order valence-corrected chi connectivity index (χ1v) is 11.3. The third kappa shape index (κ3) is 6.68. The van der Waals surface area contributed by atoms with Gasteiger partial charge in [0.1, 0.15) is 18.1 Å². The average molecular weight is 458 g/mol. The van der Waals surface area contributed by atoms with Gasteiger partial charge in [0.2, 0.25) is 17.6 Å². The number of hydrogen-bond acceptors (Lipinski definition) is 6. The maximum Gasteiger partial charge on any atom is 0.227 e. The minimum Gasteiger partial charge on any atom is -0.494 e. The number of carbonyl (C=O) groups is 1. The van der Waals surface area contributed by atoms with Crippen LogP contribution in [0.1, 0.15) is 30.4 Å². The van der Waals surface area contributed by atoms with E-state index in [1.807, 2.05) is 85.8 Å². The molecule has 3 aromatic carbocycles. The lowest BCUT2D eigenvalue weighted by atomic mass is 10.2. The fraction of sp³-hybridized carbons (Fsp3) is 0.222. The van der Waals surface area contributed by atoms with Crippen LogP contribution in [-0.2, 0) is 24.4 Å². The number of amides is 1. The molecule has 1 N–H and O–H groups in total. The van der Waals surface area contributed by atoms with Crippen molar-refractivity contribution in [1.29, 1.82) is 0 Å². The number of hydrogen-bond donors (Lipinski definition) is 1. The van der Waals surface area contributed by atoms with Gasteiger partial charge in [-0.05, 0) is 54.4 Å². The molecule has 0 aliphatic heterocycles. The maximum absolute atomic E-state index is 12.3. The molecule has 1 heterocycles. The summed E-state index contributed by atoms with van der Waals surface area (Å²) in [4.78, 5) is 16.7. The van der Waals surface area contributed by atoms with E-state index in [0.717, 1.165) is 28.2 Å². The molecule has 0 saturated carbocycles. The molecule has 7 heteroatoms. The molecule has 0 unspecified atom stereocenters.